The van der Waals surface area contributed by atoms with E-state index < -0.39 is 0 Å². The predicted molar refractivity (Wildman–Crippen MR) is 116 cm³/mol. The Kier molecular flexibility index (Phi) is 3.93. The lowest BCUT2D eigenvalue weighted by molar-refractivity contribution is 0.174. The van der Waals surface area contributed by atoms with E-state index in [1.54, 1.807) is 12.1 Å². The Bertz CT molecular complexity index is 1390. The number of ether oxygens (including phenoxy) is 2. The maximum absolute atomic E-state index is 13.4. The highest BCUT2D eigenvalue weighted by Crippen LogP contribution is 2.42. The molecular formula is C25H18FN3O2. The van der Waals surface area contributed by atoms with Gasteiger partial charge in [-0.15, -0.1) is 10.2 Å². The number of pyridine rings is 1. The number of fused-ring (bicyclic) bond motifs is 4. The summed E-state index contributed by atoms with van der Waals surface area (Å²) < 4.78 is 26.9. The Balaban J connectivity index is 1.59. The first kappa shape index (κ1) is 17.9. The van der Waals surface area contributed by atoms with Gasteiger partial charge in [0.2, 0.25) is 6.79 Å². The number of aromatic nitrogens is 3. The van der Waals surface area contributed by atoms with Gasteiger partial charge in [0.15, 0.2) is 11.5 Å². The van der Waals surface area contributed by atoms with Crippen LogP contribution in [0, 0.1) is 12.7 Å². The standard InChI is InChI=1S/C25H18FN3O2/c1-15-2-4-16(5-3-15)12-29-13-20-24(17-6-8-18(26)9-7-17)27-28-25(20)19-10-22-23(11-21(19)29)31-14-30-22/h2-11,13H,12,14H2,1H3. The Hall–Kier alpha value is -3.93. The van der Waals surface area contributed by atoms with E-state index in [2.05, 4.69) is 52.2 Å². The summed E-state index contributed by atoms with van der Waals surface area (Å²) >= 11 is 0. The fraction of sp³-hybridized carbons (Fsp3) is 0.120. The molecule has 0 saturated heterocycles. The lowest BCUT2D eigenvalue weighted by atomic mass is 10.0. The molecule has 5 nitrogen and oxygen atoms in total. The van der Waals surface area contributed by atoms with Crippen molar-refractivity contribution >= 4 is 10.9 Å². The van der Waals surface area contributed by atoms with Crippen LogP contribution in [-0.4, -0.2) is 21.6 Å². The van der Waals surface area contributed by atoms with Crippen LogP contribution in [0.15, 0.2) is 66.9 Å². The van der Waals surface area contributed by atoms with Gasteiger partial charge in [-0.25, -0.2) is 4.39 Å². The molecule has 0 radical (unpaired) electrons. The molecule has 0 amide bonds. The third-order valence-corrected chi connectivity index (χ3v) is 5.69. The van der Waals surface area contributed by atoms with Crippen LogP contribution in [0.3, 0.4) is 0 Å². The summed E-state index contributed by atoms with van der Waals surface area (Å²) in [6.45, 7) is 2.97. The lowest BCUT2D eigenvalue weighted by Crippen LogP contribution is -2.04. The molecule has 0 N–H and O–H groups in total. The monoisotopic (exact) mass is 411 g/mol. The normalized spacial score (nSPS) is 12.7. The number of hydrogen-bond donors (Lipinski definition) is 0. The van der Waals surface area contributed by atoms with Crippen LogP contribution >= 0.6 is 0 Å². The molecule has 0 atom stereocenters. The van der Waals surface area contributed by atoms with Gasteiger partial charge in [0.05, 0.1) is 5.52 Å². The highest BCUT2D eigenvalue weighted by molar-refractivity contribution is 5.99. The average Bonchev–Trinajstić information content (AvgIpc) is 3.41. The van der Waals surface area contributed by atoms with E-state index >= 15 is 0 Å². The first-order valence-corrected chi connectivity index (χ1v) is 10.1. The van der Waals surface area contributed by atoms with Crippen LogP contribution in [0.2, 0.25) is 0 Å². The SMILES string of the molecule is Cc1ccc(Cn2cc3c(-c4ccc(F)cc4)nnc-3c3cc4c(cc32)OCO4)cc1. The molecule has 0 saturated carbocycles. The van der Waals surface area contributed by atoms with Gasteiger partial charge in [-0.1, -0.05) is 29.8 Å². The van der Waals surface area contributed by atoms with Gasteiger partial charge in [0.25, 0.3) is 0 Å². The highest BCUT2D eigenvalue weighted by atomic mass is 19.1. The molecule has 3 aromatic carbocycles. The molecule has 0 aliphatic carbocycles. The van der Waals surface area contributed by atoms with E-state index in [-0.39, 0.29) is 12.6 Å². The summed E-state index contributed by atoms with van der Waals surface area (Å²) in [6.07, 6.45) is 2.07. The zero-order chi connectivity index (χ0) is 20.9. The van der Waals surface area contributed by atoms with Crippen molar-refractivity contribution in [3.63, 3.8) is 0 Å². The maximum atomic E-state index is 13.4. The molecule has 0 unspecified atom stereocenters. The zero-order valence-electron chi connectivity index (χ0n) is 16.8. The molecule has 0 fully saturated rings. The van der Waals surface area contributed by atoms with Crippen molar-refractivity contribution in [1.29, 1.82) is 0 Å². The molecule has 0 bridgehead atoms. The van der Waals surface area contributed by atoms with Crippen LogP contribution in [0.5, 0.6) is 11.5 Å². The van der Waals surface area contributed by atoms with Gasteiger partial charge in [0, 0.05) is 35.3 Å². The van der Waals surface area contributed by atoms with Gasteiger partial charge in [0.1, 0.15) is 17.2 Å². The first-order chi connectivity index (χ1) is 15.2. The molecular weight excluding hydrogens is 393 g/mol. The van der Waals surface area contributed by atoms with E-state index in [1.165, 1.54) is 23.3 Å². The van der Waals surface area contributed by atoms with Crippen molar-refractivity contribution in [1.82, 2.24) is 14.8 Å². The van der Waals surface area contributed by atoms with E-state index in [0.29, 0.717) is 12.3 Å². The van der Waals surface area contributed by atoms with Crippen molar-refractivity contribution in [2.75, 3.05) is 6.79 Å². The molecule has 0 spiro atoms. The van der Waals surface area contributed by atoms with Crippen molar-refractivity contribution in [2.24, 2.45) is 0 Å². The lowest BCUT2D eigenvalue weighted by Gasteiger charge is -2.16. The molecule has 152 valence electrons. The Morgan fingerprint density at radius 2 is 1.61 bits per heavy atom. The zero-order valence-corrected chi connectivity index (χ0v) is 16.8. The van der Waals surface area contributed by atoms with E-state index in [4.69, 9.17) is 9.47 Å². The topological polar surface area (TPSA) is 49.2 Å². The van der Waals surface area contributed by atoms with Gasteiger partial charge in [-0.05, 0) is 42.8 Å². The average molecular weight is 411 g/mol. The number of aryl methyl sites for hydroxylation is 1. The number of hydrogen-bond acceptors (Lipinski definition) is 4. The second-order valence-corrected chi connectivity index (χ2v) is 7.78. The van der Waals surface area contributed by atoms with Crippen molar-refractivity contribution in [3.8, 4) is 34.0 Å². The van der Waals surface area contributed by atoms with E-state index in [1.807, 2.05) is 12.1 Å². The summed E-state index contributed by atoms with van der Waals surface area (Å²) in [6, 6.07) is 18.8. The fourth-order valence-electron chi connectivity index (χ4n) is 4.07. The predicted octanol–water partition coefficient (Wildman–Crippen LogP) is 5.43. The van der Waals surface area contributed by atoms with Crippen LogP contribution in [0.25, 0.3) is 33.4 Å². The first-order valence-electron chi connectivity index (χ1n) is 10.1. The largest absolute Gasteiger partial charge is 0.454 e. The minimum atomic E-state index is -0.278. The smallest absolute Gasteiger partial charge is 0.231 e. The minimum absolute atomic E-state index is 0.209. The Morgan fingerprint density at radius 3 is 2.39 bits per heavy atom. The summed E-state index contributed by atoms with van der Waals surface area (Å²) in [5.74, 6) is 1.15. The molecule has 3 aromatic rings. The van der Waals surface area contributed by atoms with Crippen molar-refractivity contribution in [3.05, 3.63) is 83.8 Å². The number of halogens is 1. The molecule has 6 heteroatoms. The number of benzene rings is 3. The molecule has 6 rings (SSSR count). The van der Waals surface area contributed by atoms with Crippen LogP contribution in [0.4, 0.5) is 4.39 Å². The van der Waals surface area contributed by atoms with E-state index in [0.717, 1.165) is 39.2 Å². The van der Waals surface area contributed by atoms with Gasteiger partial charge in [-0.2, -0.15) is 0 Å². The quantitative estimate of drug-likeness (QED) is 0.397. The van der Waals surface area contributed by atoms with Crippen molar-refractivity contribution in [2.45, 2.75) is 13.5 Å². The number of rotatable bonds is 3. The van der Waals surface area contributed by atoms with Crippen molar-refractivity contribution < 1.29 is 13.9 Å². The Morgan fingerprint density at radius 1 is 0.903 bits per heavy atom. The third kappa shape index (κ3) is 2.99. The molecule has 3 aliphatic rings. The van der Waals surface area contributed by atoms with Gasteiger partial charge >= 0.3 is 0 Å². The maximum Gasteiger partial charge on any atom is 0.231 e. The molecule has 0 aromatic heterocycles. The highest BCUT2D eigenvalue weighted by Gasteiger charge is 2.24. The molecule has 3 aliphatic heterocycles. The van der Waals surface area contributed by atoms with Crippen LogP contribution in [-0.2, 0) is 6.54 Å². The Labute approximate surface area is 178 Å². The minimum Gasteiger partial charge on any atom is -0.454 e. The third-order valence-electron chi connectivity index (χ3n) is 5.69. The second kappa shape index (κ2) is 6.80. The summed E-state index contributed by atoms with van der Waals surface area (Å²) in [5.41, 5.74) is 6.64. The van der Waals surface area contributed by atoms with Crippen LogP contribution < -0.4 is 9.47 Å². The molecule has 3 heterocycles. The van der Waals surface area contributed by atoms with Gasteiger partial charge in [-0.3, -0.25) is 0 Å². The summed E-state index contributed by atoms with van der Waals surface area (Å²) in [7, 11) is 0. The number of nitrogens with zero attached hydrogens (tertiary/aromatic N) is 3. The fourth-order valence-corrected chi connectivity index (χ4v) is 4.07. The summed E-state index contributed by atoms with van der Waals surface area (Å²) in [5, 5.41) is 9.86. The van der Waals surface area contributed by atoms with E-state index in [9.17, 15) is 4.39 Å². The second-order valence-electron chi connectivity index (χ2n) is 7.78. The van der Waals surface area contributed by atoms with Crippen LogP contribution in [0.1, 0.15) is 11.1 Å². The summed E-state index contributed by atoms with van der Waals surface area (Å²) in [4.78, 5) is 0. The van der Waals surface area contributed by atoms with Gasteiger partial charge < -0.3 is 14.0 Å². The molecule has 31 heavy (non-hydrogen) atoms.